The molecule has 0 aromatic heterocycles. The zero-order chi connectivity index (χ0) is 13.4. The van der Waals surface area contributed by atoms with E-state index in [9.17, 15) is 9.59 Å². The second-order valence-corrected chi connectivity index (χ2v) is 6.39. The normalized spacial score (nSPS) is 12.8. The summed E-state index contributed by atoms with van der Waals surface area (Å²) < 4.78 is 0. The van der Waals surface area contributed by atoms with Gasteiger partial charge in [-0.1, -0.05) is 27.7 Å². The molecule has 0 fully saturated rings. The highest BCUT2D eigenvalue weighted by Crippen LogP contribution is 2.12. The predicted molar refractivity (Wildman–Crippen MR) is 71.2 cm³/mol. The van der Waals surface area contributed by atoms with E-state index >= 15 is 0 Å². The first-order chi connectivity index (χ1) is 7.82. The number of amides is 1. The highest BCUT2D eigenvalue weighted by Gasteiger charge is 2.19. The van der Waals surface area contributed by atoms with Crippen molar-refractivity contribution in [3.63, 3.8) is 0 Å². The molecule has 0 aromatic carbocycles. The van der Waals surface area contributed by atoms with Gasteiger partial charge in [0.2, 0.25) is 5.91 Å². The van der Waals surface area contributed by atoms with Crippen LogP contribution in [-0.2, 0) is 9.59 Å². The third kappa shape index (κ3) is 9.03. The molecule has 0 aliphatic rings. The number of nitrogens with one attached hydrogen (secondary N) is 1. The highest BCUT2D eigenvalue weighted by molar-refractivity contribution is 8.00. The fraction of sp³-hybridized carbons (Fsp3) is 0.833. The minimum atomic E-state index is -0.837. The second-order valence-electron chi connectivity index (χ2n) is 4.83. The van der Waals surface area contributed by atoms with E-state index in [0.29, 0.717) is 23.3 Å². The Kier molecular flexibility index (Phi) is 8.04. The van der Waals surface area contributed by atoms with Gasteiger partial charge in [0, 0.05) is 6.54 Å². The average molecular weight is 261 g/mol. The summed E-state index contributed by atoms with van der Waals surface area (Å²) in [6.07, 6.45) is 0.590. The van der Waals surface area contributed by atoms with Gasteiger partial charge in [0.05, 0.1) is 11.7 Å². The average Bonchev–Trinajstić information content (AvgIpc) is 2.20. The molecule has 5 heteroatoms. The van der Waals surface area contributed by atoms with Crippen LogP contribution >= 0.6 is 11.8 Å². The lowest BCUT2D eigenvalue weighted by Gasteiger charge is -2.15. The molecular formula is C12H23NO3S. The van der Waals surface area contributed by atoms with Crippen LogP contribution in [0.2, 0.25) is 0 Å². The first-order valence-electron chi connectivity index (χ1n) is 5.94. The molecular weight excluding hydrogens is 238 g/mol. The van der Waals surface area contributed by atoms with Gasteiger partial charge < -0.3 is 10.4 Å². The lowest BCUT2D eigenvalue weighted by atomic mass is 9.97. The lowest BCUT2D eigenvalue weighted by molar-refractivity contribution is -0.142. The van der Waals surface area contributed by atoms with E-state index in [2.05, 4.69) is 5.32 Å². The second kappa shape index (κ2) is 8.39. The van der Waals surface area contributed by atoms with Crippen molar-refractivity contribution in [2.45, 2.75) is 39.4 Å². The minimum absolute atomic E-state index is 0.0845. The molecule has 0 heterocycles. The van der Waals surface area contributed by atoms with Crippen molar-refractivity contribution in [2.24, 2.45) is 11.8 Å². The monoisotopic (exact) mass is 261 g/mol. The summed E-state index contributed by atoms with van der Waals surface area (Å²) in [5, 5.41) is 12.1. The molecule has 1 amide bonds. The van der Waals surface area contributed by atoms with Gasteiger partial charge in [-0.2, -0.15) is 0 Å². The molecule has 0 radical (unpaired) electrons. The summed E-state index contributed by atoms with van der Waals surface area (Å²) in [5.41, 5.74) is 0. The largest absolute Gasteiger partial charge is 0.481 e. The van der Waals surface area contributed by atoms with Crippen LogP contribution in [-0.4, -0.2) is 34.5 Å². The molecule has 0 spiro atoms. The quantitative estimate of drug-likeness (QED) is 0.701. The standard InChI is InChI=1S/C12H23NO3S/c1-8(2)5-10(12(15)16)6-13-11(14)7-17-9(3)4/h8-10H,5-7H2,1-4H3,(H,13,14)(H,15,16). The van der Waals surface area contributed by atoms with Crippen molar-refractivity contribution in [1.82, 2.24) is 5.32 Å². The molecule has 17 heavy (non-hydrogen) atoms. The van der Waals surface area contributed by atoms with Crippen LogP contribution in [0.1, 0.15) is 34.1 Å². The summed E-state index contributed by atoms with van der Waals surface area (Å²) in [7, 11) is 0. The maximum absolute atomic E-state index is 11.4. The molecule has 0 aliphatic carbocycles. The van der Waals surface area contributed by atoms with Crippen LogP contribution in [0, 0.1) is 11.8 Å². The zero-order valence-corrected chi connectivity index (χ0v) is 11.8. The van der Waals surface area contributed by atoms with Gasteiger partial charge >= 0.3 is 5.97 Å². The fourth-order valence-corrected chi connectivity index (χ4v) is 1.96. The predicted octanol–water partition coefficient (Wildman–Crippen LogP) is 1.99. The van der Waals surface area contributed by atoms with Crippen molar-refractivity contribution in [3.05, 3.63) is 0 Å². The van der Waals surface area contributed by atoms with Crippen LogP contribution in [0.4, 0.5) is 0 Å². The van der Waals surface area contributed by atoms with E-state index in [1.165, 1.54) is 0 Å². The van der Waals surface area contributed by atoms with Crippen molar-refractivity contribution in [2.75, 3.05) is 12.3 Å². The zero-order valence-electron chi connectivity index (χ0n) is 11.0. The highest BCUT2D eigenvalue weighted by atomic mass is 32.2. The third-order valence-corrected chi connectivity index (χ3v) is 3.29. The molecule has 1 unspecified atom stereocenters. The Morgan fingerprint density at radius 2 is 1.82 bits per heavy atom. The topological polar surface area (TPSA) is 66.4 Å². The van der Waals surface area contributed by atoms with E-state index in [1.807, 2.05) is 27.7 Å². The molecule has 0 aromatic rings. The summed E-state index contributed by atoms with van der Waals surface area (Å²) in [6.45, 7) is 8.23. The van der Waals surface area contributed by atoms with Crippen molar-refractivity contribution >= 4 is 23.6 Å². The van der Waals surface area contributed by atoms with Crippen LogP contribution in [0.5, 0.6) is 0 Å². The van der Waals surface area contributed by atoms with Crippen LogP contribution in [0.15, 0.2) is 0 Å². The number of carboxylic acid groups (broad SMARTS) is 1. The molecule has 0 bridgehead atoms. The van der Waals surface area contributed by atoms with Crippen molar-refractivity contribution in [1.29, 1.82) is 0 Å². The van der Waals surface area contributed by atoms with Gasteiger partial charge in [0.15, 0.2) is 0 Å². The first-order valence-corrected chi connectivity index (χ1v) is 6.98. The summed E-state index contributed by atoms with van der Waals surface area (Å²) in [6, 6.07) is 0. The molecule has 4 nitrogen and oxygen atoms in total. The molecule has 1 atom stereocenters. The molecule has 0 saturated heterocycles. The molecule has 100 valence electrons. The van der Waals surface area contributed by atoms with Gasteiger partial charge in [0.1, 0.15) is 0 Å². The van der Waals surface area contributed by atoms with E-state index in [-0.39, 0.29) is 12.5 Å². The Hall–Kier alpha value is -0.710. The number of thioether (sulfide) groups is 1. The number of carboxylic acids is 1. The summed E-state index contributed by atoms with van der Waals surface area (Å²) in [5.74, 6) is -0.693. The van der Waals surface area contributed by atoms with Crippen LogP contribution < -0.4 is 5.32 Å². The Bertz CT molecular complexity index is 254. The Labute approximate surface area is 108 Å². The van der Waals surface area contributed by atoms with Gasteiger partial charge in [-0.25, -0.2) is 0 Å². The van der Waals surface area contributed by atoms with Gasteiger partial charge in [-0.05, 0) is 17.6 Å². The van der Waals surface area contributed by atoms with E-state index in [1.54, 1.807) is 11.8 Å². The maximum atomic E-state index is 11.4. The molecule has 0 aliphatic heterocycles. The van der Waals surface area contributed by atoms with Gasteiger partial charge in [-0.15, -0.1) is 11.8 Å². The Morgan fingerprint density at radius 3 is 2.24 bits per heavy atom. The number of hydrogen-bond donors (Lipinski definition) is 2. The summed E-state index contributed by atoms with van der Waals surface area (Å²) in [4.78, 5) is 22.4. The van der Waals surface area contributed by atoms with E-state index in [0.717, 1.165) is 0 Å². The maximum Gasteiger partial charge on any atom is 0.308 e. The van der Waals surface area contributed by atoms with Gasteiger partial charge in [-0.3, -0.25) is 9.59 Å². The number of hydrogen-bond acceptors (Lipinski definition) is 3. The Morgan fingerprint density at radius 1 is 1.24 bits per heavy atom. The number of carbonyl (C=O) groups is 2. The molecule has 2 N–H and O–H groups in total. The number of rotatable bonds is 8. The fourth-order valence-electron chi connectivity index (χ4n) is 1.37. The van der Waals surface area contributed by atoms with Crippen LogP contribution in [0.3, 0.4) is 0 Å². The lowest BCUT2D eigenvalue weighted by Crippen LogP contribution is -2.34. The van der Waals surface area contributed by atoms with Gasteiger partial charge in [0.25, 0.3) is 0 Å². The summed E-state index contributed by atoms with van der Waals surface area (Å²) >= 11 is 1.55. The van der Waals surface area contributed by atoms with Crippen LogP contribution in [0.25, 0.3) is 0 Å². The van der Waals surface area contributed by atoms with E-state index in [4.69, 9.17) is 5.11 Å². The smallest absolute Gasteiger partial charge is 0.308 e. The number of carbonyl (C=O) groups excluding carboxylic acids is 1. The Balaban J connectivity index is 3.95. The minimum Gasteiger partial charge on any atom is -0.481 e. The SMILES string of the molecule is CC(C)CC(CNC(=O)CSC(C)C)C(=O)O. The third-order valence-electron chi connectivity index (χ3n) is 2.20. The molecule has 0 saturated carbocycles. The van der Waals surface area contributed by atoms with Crippen molar-refractivity contribution in [3.8, 4) is 0 Å². The first kappa shape index (κ1) is 16.3. The van der Waals surface area contributed by atoms with Crippen molar-refractivity contribution < 1.29 is 14.7 Å². The number of aliphatic carboxylic acids is 1. The van der Waals surface area contributed by atoms with E-state index < -0.39 is 11.9 Å². The molecule has 0 rings (SSSR count).